The molecule has 12 nitrogen and oxygen atoms in total. The summed E-state index contributed by atoms with van der Waals surface area (Å²) in [4.78, 5) is 62.1. The number of nitrogens with one attached hydrogen (secondary N) is 2. The van der Waals surface area contributed by atoms with E-state index in [1.165, 1.54) is 12.1 Å². The minimum atomic E-state index is -0.876. The van der Waals surface area contributed by atoms with Crippen LogP contribution in [0.25, 0.3) is 10.9 Å². The zero-order valence-electron chi connectivity index (χ0n) is 35.2. The fourth-order valence-corrected chi connectivity index (χ4v) is 9.54. The highest BCUT2D eigenvalue weighted by Crippen LogP contribution is 2.39. The molecular weight excluding hydrogens is 783 g/mol. The Bertz CT molecular complexity index is 2370. The van der Waals surface area contributed by atoms with Gasteiger partial charge in [-0.15, -0.1) is 0 Å². The second-order valence-corrected chi connectivity index (χ2v) is 17.2. The van der Waals surface area contributed by atoms with Crippen molar-refractivity contribution in [2.24, 2.45) is 5.92 Å². The fourth-order valence-electron chi connectivity index (χ4n) is 9.54. The quantitative estimate of drug-likeness (QED) is 0.0770. The van der Waals surface area contributed by atoms with Crippen molar-refractivity contribution in [1.82, 2.24) is 25.0 Å². The van der Waals surface area contributed by atoms with E-state index in [2.05, 4.69) is 15.2 Å². The minimum Gasteiger partial charge on any atom is -0.506 e. The highest BCUT2D eigenvalue weighted by molar-refractivity contribution is 5.87. The first-order valence-corrected chi connectivity index (χ1v) is 22.1. The van der Waals surface area contributed by atoms with Crippen LogP contribution in [-0.4, -0.2) is 106 Å². The number of aliphatic hydroxyl groups excluding tert-OH is 1. The van der Waals surface area contributed by atoms with Gasteiger partial charge in [0.05, 0.1) is 29.9 Å². The topological polar surface area (TPSA) is 156 Å². The smallest absolute Gasteiger partial charge is 0.317 e. The molecule has 0 spiro atoms. The number of H-pyrrole nitrogens is 1. The van der Waals surface area contributed by atoms with Crippen LogP contribution >= 0.6 is 0 Å². The van der Waals surface area contributed by atoms with Gasteiger partial charge in [-0.1, -0.05) is 91.0 Å². The first-order chi connectivity index (χ1) is 30.1. The highest BCUT2D eigenvalue weighted by atomic mass is 16.5. The molecule has 2 atom stereocenters. The molecule has 12 heteroatoms. The fraction of sp³-hybridized carbons (Fsp3) is 0.400. The van der Waals surface area contributed by atoms with Gasteiger partial charge in [-0.05, 0) is 97.6 Å². The summed E-state index contributed by atoms with van der Waals surface area (Å²) in [5.74, 6) is 0.217. The maximum Gasteiger partial charge on any atom is 0.317 e. The Morgan fingerprint density at radius 3 is 2.18 bits per heavy atom. The molecule has 5 aromatic rings. The molecular formula is C50H57N5O7. The molecule has 0 saturated carbocycles. The highest BCUT2D eigenvalue weighted by Gasteiger charge is 2.47. The summed E-state index contributed by atoms with van der Waals surface area (Å²) in [6.07, 6.45) is 3.34. The van der Waals surface area contributed by atoms with Gasteiger partial charge in [0.2, 0.25) is 17.4 Å². The van der Waals surface area contributed by atoms with Crippen molar-refractivity contribution in [3.63, 3.8) is 0 Å². The number of aromatic hydroxyl groups is 1. The lowest BCUT2D eigenvalue weighted by Gasteiger charge is -2.46. The van der Waals surface area contributed by atoms with Crippen molar-refractivity contribution in [2.45, 2.75) is 69.1 Å². The minimum absolute atomic E-state index is 0.00971. The molecule has 4 saturated heterocycles. The number of esters is 1. The van der Waals surface area contributed by atoms with Crippen LogP contribution in [0.3, 0.4) is 0 Å². The molecule has 5 heterocycles. The SMILES string of the molecule is O=C(Cc1ccc(CC(=O)N(CCCNCC(O)c2ccc(O)c3[nH]c(=O)ccc23)Cc2ccccc2)cc1)N1CCC(C(=O)O[C@H]2CN3CCC2CC3)(c2ccccc2)CC1. The number of rotatable bonds is 16. The number of aromatic nitrogens is 1. The van der Waals surface area contributed by atoms with Crippen LogP contribution in [0.4, 0.5) is 0 Å². The molecule has 4 aliphatic rings. The maximum atomic E-state index is 14.1. The standard InChI is InChI=1S/C50H57N5O7/c56-42-18-16-40(41-17-19-45(58)52-48(41)42)43(57)32-51-24-7-25-55(33-37-8-3-1-4-9-37)47(60)31-36-14-12-35(13-15-36)30-46(59)54-28-22-50(23-29-54,39-10-5-2-6-11-39)49(61)62-44-34-53-26-20-38(44)21-27-53/h1-6,8-19,38,43-44,51,56-57H,7,20-34H2,(H,52,58)/t43?,44-/m0/s1. The van der Waals surface area contributed by atoms with Crippen molar-refractivity contribution in [3.8, 4) is 5.75 Å². The molecule has 4 aromatic carbocycles. The predicted molar refractivity (Wildman–Crippen MR) is 237 cm³/mol. The summed E-state index contributed by atoms with van der Waals surface area (Å²) in [7, 11) is 0. The Balaban J connectivity index is 0.834. The Labute approximate surface area is 362 Å². The van der Waals surface area contributed by atoms with E-state index in [-0.39, 0.29) is 60.1 Å². The number of carbonyl (C=O) groups excluding carboxylic acids is 3. The van der Waals surface area contributed by atoms with Crippen molar-refractivity contribution in [1.29, 1.82) is 0 Å². The molecule has 0 aliphatic carbocycles. The zero-order valence-corrected chi connectivity index (χ0v) is 35.2. The van der Waals surface area contributed by atoms with Crippen LogP contribution in [0.2, 0.25) is 0 Å². The summed E-state index contributed by atoms with van der Waals surface area (Å²) >= 11 is 0. The number of ether oxygens (including phenoxy) is 1. The summed E-state index contributed by atoms with van der Waals surface area (Å²) in [6.45, 7) is 5.70. The number of phenols is 1. The van der Waals surface area contributed by atoms with Gasteiger partial charge in [0.15, 0.2) is 0 Å². The monoisotopic (exact) mass is 839 g/mol. The number of likely N-dealkylation sites (tertiary alicyclic amines) is 1. The first kappa shape index (κ1) is 42.9. The normalized spacial score (nSPS) is 19.8. The van der Waals surface area contributed by atoms with Crippen LogP contribution in [-0.2, 0) is 43.9 Å². The number of amides is 2. The van der Waals surface area contributed by atoms with Gasteiger partial charge in [-0.2, -0.15) is 0 Å². The molecule has 9 rings (SSSR count). The van der Waals surface area contributed by atoms with E-state index in [4.69, 9.17) is 4.74 Å². The van der Waals surface area contributed by atoms with E-state index in [1.807, 2.05) is 94.7 Å². The maximum absolute atomic E-state index is 14.1. The van der Waals surface area contributed by atoms with Crippen LogP contribution in [0.15, 0.2) is 114 Å². The lowest BCUT2D eigenvalue weighted by Crippen LogP contribution is -2.55. The zero-order chi connectivity index (χ0) is 43.1. The summed E-state index contributed by atoms with van der Waals surface area (Å²) in [6, 6.07) is 33.6. The summed E-state index contributed by atoms with van der Waals surface area (Å²) in [5.41, 5.74) is 3.48. The number of carbonyl (C=O) groups is 3. The molecule has 62 heavy (non-hydrogen) atoms. The lowest BCUT2D eigenvalue weighted by atomic mass is 9.72. The Morgan fingerprint density at radius 2 is 1.50 bits per heavy atom. The van der Waals surface area contributed by atoms with Gasteiger partial charge >= 0.3 is 5.97 Å². The van der Waals surface area contributed by atoms with Gasteiger partial charge in [0.1, 0.15) is 11.9 Å². The molecule has 324 valence electrons. The molecule has 4 fully saturated rings. The average molecular weight is 840 g/mol. The van der Waals surface area contributed by atoms with Crippen molar-refractivity contribution < 1.29 is 29.3 Å². The number of hydrogen-bond acceptors (Lipinski definition) is 9. The van der Waals surface area contributed by atoms with Crippen LogP contribution in [0.5, 0.6) is 5.75 Å². The van der Waals surface area contributed by atoms with Crippen LogP contribution in [0, 0.1) is 5.92 Å². The van der Waals surface area contributed by atoms with E-state index in [0.717, 1.165) is 54.7 Å². The van der Waals surface area contributed by atoms with Gasteiger partial charge < -0.3 is 35.1 Å². The summed E-state index contributed by atoms with van der Waals surface area (Å²) < 4.78 is 6.33. The average Bonchev–Trinajstić information content (AvgIpc) is 3.30. The van der Waals surface area contributed by atoms with Crippen molar-refractivity contribution in [3.05, 3.63) is 147 Å². The number of nitrogens with zero attached hydrogens (tertiary/aromatic N) is 3. The summed E-state index contributed by atoms with van der Waals surface area (Å²) in [5, 5.41) is 25.0. The van der Waals surface area contributed by atoms with E-state index in [1.54, 1.807) is 12.1 Å². The van der Waals surface area contributed by atoms with Crippen molar-refractivity contribution >= 4 is 28.7 Å². The van der Waals surface area contributed by atoms with Crippen molar-refractivity contribution in [2.75, 3.05) is 52.4 Å². The third-order valence-electron chi connectivity index (χ3n) is 13.2. The van der Waals surface area contributed by atoms with Crippen LogP contribution in [0.1, 0.15) is 66.0 Å². The number of piperidine rings is 4. The number of hydrogen-bond donors (Lipinski definition) is 4. The van der Waals surface area contributed by atoms with Gasteiger partial charge in [-0.25, -0.2) is 0 Å². The number of aliphatic hydroxyl groups is 1. The third kappa shape index (κ3) is 9.94. The largest absolute Gasteiger partial charge is 0.506 e. The number of fused-ring (bicyclic) bond motifs is 4. The molecule has 2 bridgehead atoms. The molecule has 4 aliphatic heterocycles. The molecule has 4 N–H and O–H groups in total. The first-order valence-electron chi connectivity index (χ1n) is 22.1. The van der Waals surface area contributed by atoms with Gasteiger partial charge in [0, 0.05) is 50.7 Å². The number of benzene rings is 4. The van der Waals surface area contributed by atoms with Gasteiger partial charge in [-0.3, -0.25) is 24.1 Å². The Hall–Kier alpha value is -5.82. The van der Waals surface area contributed by atoms with E-state index < -0.39 is 11.5 Å². The van der Waals surface area contributed by atoms with Crippen LogP contribution < -0.4 is 10.9 Å². The lowest BCUT2D eigenvalue weighted by molar-refractivity contribution is -0.168. The number of phenolic OH excluding ortho intramolecular Hbond substituents is 1. The molecule has 1 unspecified atom stereocenters. The van der Waals surface area contributed by atoms with E-state index in [9.17, 15) is 29.4 Å². The second kappa shape index (κ2) is 19.5. The Kier molecular flexibility index (Phi) is 13.5. The number of aromatic amines is 1. The van der Waals surface area contributed by atoms with E-state index in [0.29, 0.717) is 68.9 Å². The third-order valence-corrected chi connectivity index (χ3v) is 13.2. The second-order valence-electron chi connectivity index (χ2n) is 17.2. The number of pyridine rings is 1. The molecule has 0 radical (unpaired) electrons. The molecule has 2 amide bonds. The van der Waals surface area contributed by atoms with Gasteiger partial charge in [0.25, 0.3) is 0 Å². The predicted octanol–water partition coefficient (Wildman–Crippen LogP) is 5.26. The van der Waals surface area contributed by atoms with E-state index >= 15 is 0 Å². The Morgan fingerprint density at radius 1 is 0.823 bits per heavy atom. The molecule has 1 aromatic heterocycles.